The topological polar surface area (TPSA) is 63.4 Å². The first kappa shape index (κ1) is 12.2. The standard InChI is InChI=1S/C15H18N2O2/c1-2-9-7-10-11(8-9)15(19)17(14(10)18)13-6-4-3-5-12(13)16/h3-6,9-11H,2,7-8,16H2,1H3. The van der Waals surface area contributed by atoms with Crippen LogP contribution in [0.15, 0.2) is 24.3 Å². The summed E-state index contributed by atoms with van der Waals surface area (Å²) in [6.07, 6.45) is 2.73. The molecule has 1 aromatic carbocycles. The molecule has 2 atom stereocenters. The van der Waals surface area contributed by atoms with Crippen LogP contribution < -0.4 is 10.6 Å². The maximum atomic E-state index is 12.5. The van der Waals surface area contributed by atoms with Crippen LogP contribution in [0.4, 0.5) is 11.4 Å². The summed E-state index contributed by atoms with van der Waals surface area (Å²) >= 11 is 0. The zero-order valence-electron chi connectivity index (χ0n) is 11.0. The summed E-state index contributed by atoms with van der Waals surface area (Å²) in [5, 5.41) is 0. The zero-order chi connectivity index (χ0) is 13.6. The molecule has 2 N–H and O–H groups in total. The highest BCUT2D eigenvalue weighted by atomic mass is 16.2. The largest absolute Gasteiger partial charge is 0.397 e. The number of rotatable bonds is 2. The third-order valence-electron chi connectivity index (χ3n) is 4.49. The quantitative estimate of drug-likeness (QED) is 0.653. The average molecular weight is 258 g/mol. The molecule has 1 aliphatic carbocycles. The normalized spacial score (nSPS) is 29.9. The molecule has 2 aliphatic rings. The van der Waals surface area contributed by atoms with Gasteiger partial charge in [-0.05, 0) is 30.9 Å². The molecule has 2 amide bonds. The molecule has 2 unspecified atom stereocenters. The Hall–Kier alpha value is -1.84. The van der Waals surface area contributed by atoms with Crippen molar-refractivity contribution in [1.82, 2.24) is 0 Å². The fraction of sp³-hybridized carbons (Fsp3) is 0.467. The number of carbonyl (C=O) groups excluding carboxylic acids is 2. The van der Waals surface area contributed by atoms with Crippen LogP contribution in [0.1, 0.15) is 26.2 Å². The lowest BCUT2D eigenvalue weighted by Gasteiger charge is -2.19. The number of amides is 2. The predicted molar refractivity (Wildman–Crippen MR) is 73.3 cm³/mol. The fourth-order valence-electron chi connectivity index (χ4n) is 3.39. The summed E-state index contributed by atoms with van der Waals surface area (Å²) in [5.41, 5.74) is 6.91. The van der Waals surface area contributed by atoms with Crippen molar-refractivity contribution in [2.75, 3.05) is 10.6 Å². The number of imide groups is 1. The van der Waals surface area contributed by atoms with Gasteiger partial charge in [-0.1, -0.05) is 25.5 Å². The minimum atomic E-state index is -0.128. The number of fused-ring (bicyclic) bond motifs is 1. The number of hydrogen-bond acceptors (Lipinski definition) is 3. The van der Waals surface area contributed by atoms with Crippen LogP contribution in [0.25, 0.3) is 0 Å². The smallest absolute Gasteiger partial charge is 0.237 e. The Kier molecular flexibility index (Phi) is 2.81. The van der Waals surface area contributed by atoms with E-state index >= 15 is 0 Å². The van der Waals surface area contributed by atoms with E-state index < -0.39 is 0 Å². The van der Waals surface area contributed by atoms with E-state index in [-0.39, 0.29) is 23.7 Å². The van der Waals surface area contributed by atoms with Gasteiger partial charge in [-0.15, -0.1) is 0 Å². The fourth-order valence-corrected chi connectivity index (χ4v) is 3.39. The van der Waals surface area contributed by atoms with E-state index in [1.165, 1.54) is 4.90 Å². The first-order valence-electron chi connectivity index (χ1n) is 6.85. The highest BCUT2D eigenvalue weighted by Crippen LogP contribution is 2.46. The van der Waals surface area contributed by atoms with E-state index in [1.807, 2.05) is 0 Å². The number of hydrogen-bond donors (Lipinski definition) is 1. The summed E-state index contributed by atoms with van der Waals surface area (Å²) in [4.78, 5) is 26.2. The van der Waals surface area contributed by atoms with E-state index in [0.717, 1.165) is 19.3 Å². The second-order valence-corrected chi connectivity index (χ2v) is 5.53. The van der Waals surface area contributed by atoms with Gasteiger partial charge in [-0.25, -0.2) is 4.90 Å². The van der Waals surface area contributed by atoms with E-state index in [0.29, 0.717) is 17.3 Å². The molecule has 1 aliphatic heterocycles. The Bertz CT molecular complexity index is 517. The molecule has 0 spiro atoms. The van der Waals surface area contributed by atoms with Crippen LogP contribution in [0, 0.1) is 17.8 Å². The van der Waals surface area contributed by atoms with Crippen molar-refractivity contribution in [2.24, 2.45) is 17.8 Å². The van der Waals surface area contributed by atoms with Crippen LogP contribution in [-0.2, 0) is 9.59 Å². The molecule has 100 valence electrons. The van der Waals surface area contributed by atoms with Crippen molar-refractivity contribution in [3.05, 3.63) is 24.3 Å². The molecule has 1 saturated carbocycles. The molecule has 1 aromatic rings. The second-order valence-electron chi connectivity index (χ2n) is 5.53. The number of nitrogens with zero attached hydrogens (tertiary/aromatic N) is 1. The van der Waals surface area contributed by atoms with Gasteiger partial charge >= 0.3 is 0 Å². The van der Waals surface area contributed by atoms with Crippen molar-refractivity contribution in [3.8, 4) is 0 Å². The van der Waals surface area contributed by atoms with Crippen molar-refractivity contribution in [1.29, 1.82) is 0 Å². The van der Waals surface area contributed by atoms with Gasteiger partial charge in [0, 0.05) is 0 Å². The van der Waals surface area contributed by atoms with Gasteiger partial charge in [0.2, 0.25) is 11.8 Å². The van der Waals surface area contributed by atoms with Crippen molar-refractivity contribution < 1.29 is 9.59 Å². The number of benzene rings is 1. The Balaban J connectivity index is 1.93. The summed E-state index contributed by atoms with van der Waals surface area (Å²) < 4.78 is 0. The van der Waals surface area contributed by atoms with Gasteiger partial charge in [0.05, 0.1) is 23.2 Å². The van der Waals surface area contributed by atoms with Crippen LogP contribution >= 0.6 is 0 Å². The maximum absolute atomic E-state index is 12.5. The molecule has 0 aromatic heterocycles. The average Bonchev–Trinajstić information content (AvgIpc) is 2.92. The zero-order valence-corrected chi connectivity index (χ0v) is 11.0. The van der Waals surface area contributed by atoms with E-state index in [2.05, 4.69) is 6.92 Å². The number of para-hydroxylation sites is 2. The first-order valence-corrected chi connectivity index (χ1v) is 6.85. The highest BCUT2D eigenvalue weighted by Gasteiger charge is 2.52. The minimum Gasteiger partial charge on any atom is -0.397 e. The van der Waals surface area contributed by atoms with Gasteiger partial charge in [-0.3, -0.25) is 9.59 Å². The van der Waals surface area contributed by atoms with Crippen LogP contribution in [-0.4, -0.2) is 11.8 Å². The molecule has 1 saturated heterocycles. The molecular formula is C15H18N2O2. The lowest BCUT2D eigenvalue weighted by atomic mass is 10.00. The lowest BCUT2D eigenvalue weighted by molar-refractivity contribution is -0.123. The lowest BCUT2D eigenvalue weighted by Crippen LogP contribution is -2.32. The molecule has 19 heavy (non-hydrogen) atoms. The SMILES string of the molecule is CCC1CC2C(=O)N(c3ccccc3N)C(=O)C2C1. The van der Waals surface area contributed by atoms with Crippen molar-refractivity contribution >= 4 is 23.2 Å². The summed E-state index contributed by atoms with van der Waals surface area (Å²) in [5.74, 6) is 0.125. The predicted octanol–water partition coefficient (Wildman–Crippen LogP) is 2.19. The first-order chi connectivity index (χ1) is 9.13. The Morgan fingerprint density at radius 1 is 1.16 bits per heavy atom. The van der Waals surface area contributed by atoms with E-state index in [9.17, 15) is 9.59 Å². The van der Waals surface area contributed by atoms with E-state index in [1.54, 1.807) is 24.3 Å². The van der Waals surface area contributed by atoms with E-state index in [4.69, 9.17) is 5.73 Å². The Labute approximate surface area is 112 Å². The number of anilines is 2. The van der Waals surface area contributed by atoms with Gasteiger partial charge in [0.15, 0.2) is 0 Å². The Morgan fingerprint density at radius 2 is 1.74 bits per heavy atom. The Morgan fingerprint density at radius 3 is 2.26 bits per heavy atom. The van der Waals surface area contributed by atoms with Gasteiger partial charge < -0.3 is 5.73 Å². The monoisotopic (exact) mass is 258 g/mol. The van der Waals surface area contributed by atoms with Gasteiger partial charge in [-0.2, -0.15) is 0 Å². The number of nitrogens with two attached hydrogens (primary N) is 1. The molecule has 3 rings (SSSR count). The molecule has 0 radical (unpaired) electrons. The van der Waals surface area contributed by atoms with Gasteiger partial charge in [0.25, 0.3) is 0 Å². The molecule has 0 bridgehead atoms. The third kappa shape index (κ3) is 1.74. The number of carbonyl (C=O) groups is 2. The maximum Gasteiger partial charge on any atom is 0.237 e. The molecular weight excluding hydrogens is 240 g/mol. The second kappa shape index (κ2) is 4.37. The minimum absolute atomic E-state index is 0.0659. The molecule has 1 heterocycles. The van der Waals surface area contributed by atoms with Crippen molar-refractivity contribution in [2.45, 2.75) is 26.2 Å². The van der Waals surface area contributed by atoms with Crippen LogP contribution in [0.3, 0.4) is 0 Å². The van der Waals surface area contributed by atoms with Gasteiger partial charge in [0.1, 0.15) is 0 Å². The molecule has 4 nitrogen and oxygen atoms in total. The summed E-state index contributed by atoms with van der Waals surface area (Å²) in [6.45, 7) is 2.12. The number of nitrogen functional groups attached to an aromatic ring is 1. The van der Waals surface area contributed by atoms with Crippen LogP contribution in [0.5, 0.6) is 0 Å². The summed E-state index contributed by atoms with van der Waals surface area (Å²) in [6, 6.07) is 7.06. The highest BCUT2D eigenvalue weighted by molar-refractivity contribution is 6.23. The van der Waals surface area contributed by atoms with Crippen LogP contribution in [0.2, 0.25) is 0 Å². The summed E-state index contributed by atoms with van der Waals surface area (Å²) in [7, 11) is 0. The molecule has 4 heteroatoms. The third-order valence-corrected chi connectivity index (χ3v) is 4.49. The van der Waals surface area contributed by atoms with Crippen molar-refractivity contribution in [3.63, 3.8) is 0 Å². The molecule has 2 fully saturated rings.